The fourth-order valence-electron chi connectivity index (χ4n) is 7.84. The molecule has 0 aliphatic carbocycles. The Morgan fingerprint density at radius 1 is 0.511 bits per heavy atom. The molecule has 7 heteroatoms. The van der Waals surface area contributed by atoms with E-state index < -0.39 is 0 Å². The summed E-state index contributed by atoms with van der Waals surface area (Å²) < 4.78 is 6.49. The molecule has 0 radical (unpaired) electrons. The number of rotatable bonds is 10. The summed E-state index contributed by atoms with van der Waals surface area (Å²) in [5.74, 6) is 1.33. The normalized spacial score (nSPS) is 14.9. The quantitative estimate of drug-likeness (QED) is 0.132. The summed E-state index contributed by atoms with van der Waals surface area (Å²) >= 11 is 0. The van der Waals surface area contributed by atoms with Crippen LogP contribution in [0.3, 0.4) is 0 Å². The molecule has 2 aliphatic rings. The predicted molar refractivity (Wildman–Crippen MR) is 190 cm³/mol. The molecule has 8 rings (SSSR count). The Morgan fingerprint density at radius 2 is 0.957 bits per heavy atom. The summed E-state index contributed by atoms with van der Waals surface area (Å²) in [5.41, 5.74) is 13.5. The van der Waals surface area contributed by atoms with Crippen LogP contribution >= 0.6 is 0 Å². The Kier molecular flexibility index (Phi) is 8.73. The van der Waals surface area contributed by atoms with Crippen LogP contribution in [0.15, 0.2) is 73.1 Å². The van der Waals surface area contributed by atoms with Gasteiger partial charge in [0.25, 0.3) is 0 Å². The van der Waals surface area contributed by atoms with Crippen molar-refractivity contribution < 1.29 is 4.74 Å². The number of fused-ring (bicyclic) bond motifs is 6. The third-order valence-corrected chi connectivity index (χ3v) is 10.1. The lowest BCUT2D eigenvalue weighted by Crippen LogP contribution is -2.16. The van der Waals surface area contributed by atoms with E-state index in [1.807, 2.05) is 24.5 Å². The minimum absolute atomic E-state index is 0.667. The molecule has 4 N–H and O–H groups in total. The van der Waals surface area contributed by atoms with E-state index in [4.69, 9.17) is 4.74 Å². The van der Waals surface area contributed by atoms with Crippen LogP contribution < -0.4 is 15.4 Å². The number of nitrogens with one attached hydrogen (secondary N) is 4. The van der Waals surface area contributed by atoms with Crippen molar-refractivity contribution in [3.63, 3.8) is 0 Å². The van der Waals surface area contributed by atoms with Gasteiger partial charge in [0, 0.05) is 82.6 Å². The molecular weight excluding hydrogens is 580 g/mol. The molecule has 0 bridgehead atoms. The number of pyridine rings is 2. The number of aromatic nitrogens is 4. The van der Waals surface area contributed by atoms with Gasteiger partial charge in [-0.15, -0.1) is 0 Å². The van der Waals surface area contributed by atoms with Crippen LogP contribution in [-0.4, -0.2) is 46.1 Å². The highest BCUT2D eigenvalue weighted by molar-refractivity contribution is 5.89. The number of hydrogen-bond acceptors (Lipinski definition) is 5. The number of benzene rings is 2. The first-order chi connectivity index (χ1) is 23.3. The van der Waals surface area contributed by atoms with E-state index in [0.29, 0.717) is 11.8 Å². The molecule has 0 saturated carbocycles. The first-order valence-electron chi connectivity index (χ1n) is 17.5. The van der Waals surface area contributed by atoms with Crippen molar-refractivity contribution in [2.75, 3.05) is 26.2 Å². The van der Waals surface area contributed by atoms with Gasteiger partial charge in [-0.2, -0.15) is 0 Å². The lowest BCUT2D eigenvalue weighted by molar-refractivity contribution is 0.431. The number of hydrogen-bond donors (Lipinski definition) is 4. The number of ether oxygens (including phenoxy) is 1. The number of H-pyrrole nitrogens is 2. The molecule has 2 aromatic carbocycles. The smallest absolute Gasteiger partial charge is 0.224 e. The van der Waals surface area contributed by atoms with E-state index in [2.05, 4.69) is 79.1 Å². The number of nitrogens with zero attached hydrogens (tertiary/aromatic N) is 2. The number of aromatic amines is 2. The molecule has 2 aliphatic heterocycles. The fraction of sp³-hybridized carbons (Fsp3) is 0.350. The van der Waals surface area contributed by atoms with Crippen LogP contribution in [0, 0.1) is 0 Å². The highest BCUT2D eigenvalue weighted by Crippen LogP contribution is 2.32. The van der Waals surface area contributed by atoms with Crippen LogP contribution in [0.2, 0.25) is 0 Å². The van der Waals surface area contributed by atoms with Crippen LogP contribution in [-0.2, 0) is 51.4 Å². The Labute approximate surface area is 276 Å². The maximum absolute atomic E-state index is 6.49. The van der Waals surface area contributed by atoms with Gasteiger partial charge in [0.2, 0.25) is 11.8 Å². The van der Waals surface area contributed by atoms with E-state index >= 15 is 0 Å². The summed E-state index contributed by atoms with van der Waals surface area (Å²) in [6.45, 7) is 4.17. The molecule has 6 aromatic rings. The Bertz CT molecular complexity index is 1860. The number of aryl methyl sites for hydroxylation is 4. The van der Waals surface area contributed by atoms with E-state index in [0.717, 1.165) is 102 Å². The third kappa shape index (κ3) is 6.30. The van der Waals surface area contributed by atoms with Crippen molar-refractivity contribution in [1.29, 1.82) is 0 Å². The standard InChI is InChI=1S/C40H44N6O/c1(7-27-9-3-15-35-37(27)31-17-23-41-25-19-33(31)45-35)11-29-13-5-21-43-39(29)47-40-30(14-6-22-44-40)12-2-8-28-10-4-16-36-38(28)32-18-24-42-26-20-34(32)46-36/h3-6,9-10,13-16,21-22,41-42,45-46H,1-2,7-8,11-12,17-20,23-26H2. The van der Waals surface area contributed by atoms with Gasteiger partial charge < -0.3 is 25.3 Å². The van der Waals surface area contributed by atoms with Gasteiger partial charge in [-0.3, -0.25) is 0 Å². The van der Waals surface area contributed by atoms with Gasteiger partial charge in [-0.05, 0) is 111 Å². The van der Waals surface area contributed by atoms with Crippen molar-refractivity contribution in [3.05, 3.63) is 118 Å². The second kappa shape index (κ2) is 13.7. The van der Waals surface area contributed by atoms with Gasteiger partial charge in [0.15, 0.2) is 0 Å². The average Bonchev–Trinajstić information content (AvgIpc) is 3.42. The van der Waals surface area contributed by atoms with Gasteiger partial charge >= 0.3 is 0 Å². The fourth-order valence-corrected chi connectivity index (χ4v) is 7.84. The third-order valence-electron chi connectivity index (χ3n) is 10.1. The Hall–Kier alpha value is -4.46. The molecule has 0 amide bonds. The molecule has 0 saturated heterocycles. The zero-order valence-corrected chi connectivity index (χ0v) is 27.1. The van der Waals surface area contributed by atoms with Crippen LogP contribution in [0.1, 0.15) is 57.6 Å². The minimum Gasteiger partial charge on any atom is -0.420 e. The minimum atomic E-state index is 0.667. The molecule has 47 heavy (non-hydrogen) atoms. The maximum atomic E-state index is 6.49. The summed E-state index contributed by atoms with van der Waals surface area (Å²) in [6, 6.07) is 21.8. The van der Waals surface area contributed by atoms with Gasteiger partial charge in [-0.25, -0.2) is 9.97 Å². The zero-order chi connectivity index (χ0) is 31.4. The van der Waals surface area contributed by atoms with Crippen molar-refractivity contribution in [2.24, 2.45) is 0 Å². The first kappa shape index (κ1) is 29.9. The van der Waals surface area contributed by atoms with Crippen molar-refractivity contribution in [2.45, 2.75) is 64.2 Å². The first-order valence-corrected chi connectivity index (χ1v) is 17.5. The molecule has 240 valence electrons. The molecule has 4 aromatic heterocycles. The molecule has 6 heterocycles. The second-order valence-electron chi connectivity index (χ2n) is 13.1. The molecule has 0 spiro atoms. The highest BCUT2D eigenvalue weighted by Gasteiger charge is 2.19. The van der Waals surface area contributed by atoms with Gasteiger partial charge in [0.05, 0.1) is 0 Å². The molecule has 7 nitrogen and oxygen atoms in total. The van der Waals surface area contributed by atoms with Gasteiger partial charge in [-0.1, -0.05) is 36.4 Å². The Morgan fingerprint density at radius 3 is 1.47 bits per heavy atom. The van der Waals surface area contributed by atoms with Crippen molar-refractivity contribution in [1.82, 2.24) is 30.6 Å². The summed E-state index contributed by atoms with van der Waals surface area (Å²) in [6.07, 6.45) is 13.8. The summed E-state index contributed by atoms with van der Waals surface area (Å²) in [4.78, 5) is 16.8. The molecule has 0 atom stereocenters. The van der Waals surface area contributed by atoms with Crippen molar-refractivity contribution >= 4 is 21.8 Å². The van der Waals surface area contributed by atoms with E-state index in [1.54, 1.807) is 0 Å². The second-order valence-corrected chi connectivity index (χ2v) is 13.1. The van der Waals surface area contributed by atoms with E-state index in [9.17, 15) is 0 Å². The Balaban J connectivity index is 0.946. The van der Waals surface area contributed by atoms with E-state index in [1.165, 1.54) is 55.4 Å². The largest absolute Gasteiger partial charge is 0.420 e. The molecule has 0 fully saturated rings. The topological polar surface area (TPSA) is 90.7 Å². The lowest BCUT2D eigenvalue weighted by Gasteiger charge is -2.13. The van der Waals surface area contributed by atoms with Gasteiger partial charge in [0.1, 0.15) is 0 Å². The van der Waals surface area contributed by atoms with Crippen molar-refractivity contribution in [3.8, 4) is 11.8 Å². The highest BCUT2D eigenvalue weighted by atomic mass is 16.5. The molecule has 0 unspecified atom stereocenters. The predicted octanol–water partition coefficient (Wildman–Crippen LogP) is 6.96. The monoisotopic (exact) mass is 624 g/mol. The lowest BCUT2D eigenvalue weighted by atomic mass is 9.97. The summed E-state index contributed by atoms with van der Waals surface area (Å²) in [7, 11) is 0. The van der Waals surface area contributed by atoms with E-state index in [-0.39, 0.29) is 0 Å². The van der Waals surface area contributed by atoms with Crippen LogP contribution in [0.25, 0.3) is 21.8 Å². The maximum Gasteiger partial charge on any atom is 0.224 e. The summed E-state index contributed by atoms with van der Waals surface area (Å²) in [5, 5.41) is 9.97. The SMILES string of the molecule is c1cnc(Oc2ncccc2CCCc2cccc3[nH]c4c(c23)CCNCC4)c(CCCc2cccc3[nH]c4c(c23)CCNCC4)c1. The average molecular weight is 625 g/mol. The van der Waals surface area contributed by atoms with Crippen LogP contribution in [0.4, 0.5) is 0 Å². The van der Waals surface area contributed by atoms with Crippen LogP contribution in [0.5, 0.6) is 11.8 Å². The molecular formula is C40H44N6O. The zero-order valence-electron chi connectivity index (χ0n) is 27.1.